The molecule has 0 saturated carbocycles. The highest BCUT2D eigenvalue weighted by Crippen LogP contribution is 2.13. The van der Waals surface area contributed by atoms with Crippen LogP contribution in [0.5, 0.6) is 5.75 Å². The van der Waals surface area contributed by atoms with Gasteiger partial charge in [0, 0.05) is 11.6 Å². The van der Waals surface area contributed by atoms with Gasteiger partial charge in [0.2, 0.25) is 0 Å². The molecule has 0 aliphatic heterocycles. The normalized spacial score (nSPS) is 9.95. The fraction of sp³-hybridized carbons (Fsp3) is 0.214. The third kappa shape index (κ3) is 4.57. The van der Waals surface area contributed by atoms with Crippen LogP contribution in [0.25, 0.3) is 0 Å². The molecule has 1 N–H and O–H groups in total. The second kappa shape index (κ2) is 7.39. The molecule has 0 spiro atoms. The molecule has 1 aromatic heterocycles. The Morgan fingerprint density at radius 3 is 2.67 bits per heavy atom. The number of hydrogen-bond acceptors (Lipinski definition) is 6. The fourth-order valence-electron chi connectivity index (χ4n) is 1.51. The van der Waals surface area contributed by atoms with Crippen LogP contribution in [0.2, 0.25) is 0 Å². The van der Waals surface area contributed by atoms with E-state index in [1.165, 1.54) is 11.3 Å². The summed E-state index contributed by atoms with van der Waals surface area (Å²) in [7, 11) is 0. The molecule has 0 radical (unpaired) electrons. The van der Waals surface area contributed by atoms with E-state index in [4.69, 9.17) is 9.47 Å². The maximum atomic E-state index is 11.8. The zero-order valence-electron chi connectivity index (χ0n) is 11.4. The average molecular weight is 306 g/mol. The van der Waals surface area contributed by atoms with Crippen molar-refractivity contribution >= 4 is 28.3 Å². The van der Waals surface area contributed by atoms with Crippen LogP contribution in [-0.2, 0) is 9.53 Å². The van der Waals surface area contributed by atoms with Crippen LogP contribution in [0.1, 0.15) is 17.3 Å². The summed E-state index contributed by atoms with van der Waals surface area (Å²) in [4.78, 5) is 27.2. The molecular weight excluding hydrogens is 292 g/mol. The quantitative estimate of drug-likeness (QED) is 0.829. The van der Waals surface area contributed by atoms with E-state index < -0.39 is 11.9 Å². The molecule has 0 bridgehead atoms. The zero-order chi connectivity index (χ0) is 15.1. The molecule has 1 heterocycles. The van der Waals surface area contributed by atoms with Crippen molar-refractivity contribution in [1.82, 2.24) is 4.98 Å². The Balaban J connectivity index is 1.82. The number of esters is 1. The van der Waals surface area contributed by atoms with Gasteiger partial charge in [0.05, 0.1) is 12.2 Å². The molecule has 2 aromatic rings. The fourth-order valence-corrected chi connectivity index (χ4v) is 2.05. The highest BCUT2D eigenvalue weighted by atomic mass is 32.1. The van der Waals surface area contributed by atoms with Gasteiger partial charge in [0.1, 0.15) is 5.75 Å². The topological polar surface area (TPSA) is 77.5 Å². The summed E-state index contributed by atoms with van der Waals surface area (Å²) < 4.78 is 10.2. The minimum Gasteiger partial charge on any atom is -0.494 e. The summed E-state index contributed by atoms with van der Waals surface area (Å²) in [6, 6.07) is 6.53. The Kier molecular flexibility index (Phi) is 5.28. The number of nitrogens with one attached hydrogen (secondary N) is 1. The van der Waals surface area contributed by atoms with Crippen LogP contribution in [0, 0.1) is 0 Å². The predicted octanol–water partition coefficient (Wildman–Crippen LogP) is 2.34. The van der Waals surface area contributed by atoms with E-state index in [-0.39, 0.29) is 6.61 Å². The van der Waals surface area contributed by atoms with Crippen molar-refractivity contribution in [3.63, 3.8) is 0 Å². The Morgan fingerprint density at radius 1 is 1.29 bits per heavy atom. The van der Waals surface area contributed by atoms with Gasteiger partial charge in [-0.1, -0.05) is 0 Å². The number of anilines is 1. The van der Waals surface area contributed by atoms with E-state index in [1.54, 1.807) is 35.8 Å². The number of amides is 1. The number of rotatable bonds is 6. The summed E-state index contributed by atoms with van der Waals surface area (Å²) in [5.41, 5.74) is 0.362. The summed E-state index contributed by atoms with van der Waals surface area (Å²) in [5, 5.41) is 4.73. The van der Waals surface area contributed by atoms with Gasteiger partial charge < -0.3 is 9.47 Å². The Morgan fingerprint density at radius 2 is 2.05 bits per heavy atom. The maximum absolute atomic E-state index is 11.8. The van der Waals surface area contributed by atoms with Crippen LogP contribution in [-0.4, -0.2) is 30.1 Å². The lowest BCUT2D eigenvalue weighted by Gasteiger charge is -2.06. The minimum absolute atomic E-state index is 0.356. The molecule has 0 saturated heterocycles. The number of aromatic nitrogens is 1. The Bertz CT molecular complexity index is 596. The van der Waals surface area contributed by atoms with Crippen molar-refractivity contribution in [2.75, 3.05) is 18.5 Å². The molecule has 0 aliphatic rings. The molecule has 6 nitrogen and oxygen atoms in total. The number of thiazole rings is 1. The first-order valence-corrected chi connectivity index (χ1v) is 7.16. The van der Waals surface area contributed by atoms with Gasteiger partial charge in [-0.25, -0.2) is 9.78 Å². The van der Waals surface area contributed by atoms with Crippen molar-refractivity contribution in [1.29, 1.82) is 0 Å². The molecule has 110 valence electrons. The van der Waals surface area contributed by atoms with Crippen LogP contribution >= 0.6 is 11.3 Å². The van der Waals surface area contributed by atoms with E-state index in [9.17, 15) is 9.59 Å². The highest BCUT2D eigenvalue weighted by Gasteiger charge is 2.11. The number of carbonyl (C=O) groups is 2. The van der Waals surface area contributed by atoms with Crippen LogP contribution in [0.15, 0.2) is 35.8 Å². The second-order valence-electron chi connectivity index (χ2n) is 3.92. The van der Waals surface area contributed by atoms with E-state index in [0.29, 0.717) is 23.1 Å². The van der Waals surface area contributed by atoms with Gasteiger partial charge in [-0.2, -0.15) is 0 Å². The summed E-state index contributed by atoms with van der Waals surface area (Å²) >= 11 is 1.29. The molecule has 2 rings (SSSR count). The minimum atomic E-state index is -0.563. The summed E-state index contributed by atoms with van der Waals surface area (Å²) in [6.07, 6.45) is 1.58. The van der Waals surface area contributed by atoms with E-state index in [2.05, 4.69) is 10.3 Å². The largest absolute Gasteiger partial charge is 0.494 e. The third-order valence-electron chi connectivity index (χ3n) is 2.41. The van der Waals surface area contributed by atoms with Gasteiger partial charge in [0.25, 0.3) is 5.91 Å². The molecular formula is C14H14N2O4S. The monoisotopic (exact) mass is 306 g/mol. The van der Waals surface area contributed by atoms with Crippen molar-refractivity contribution in [3.8, 4) is 5.75 Å². The number of ether oxygens (including phenoxy) is 2. The van der Waals surface area contributed by atoms with E-state index in [0.717, 1.165) is 0 Å². The SMILES string of the molecule is CCOc1ccc(C(=O)OCC(=O)Nc2nccs2)cc1. The van der Waals surface area contributed by atoms with Crippen LogP contribution in [0.4, 0.5) is 5.13 Å². The van der Waals surface area contributed by atoms with E-state index in [1.807, 2.05) is 6.92 Å². The van der Waals surface area contributed by atoms with Crippen molar-refractivity contribution in [3.05, 3.63) is 41.4 Å². The lowest BCUT2D eigenvalue weighted by molar-refractivity contribution is -0.119. The Labute approximate surface area is 125 Å². The molecule has 1 amide bonds. The predicted molar refractivity (Wildman–Crippen MR) is 78.6 cm³/mol. The first-order valence-electron chi connectivity index (χ1n) is 6.28. The number of hydrogen-bond donors (Lipinski definition) is 1. The summed E-state index contributed by atoms with van der Waals surface area (Å²) in [6.45, 7) is 2.08. The first-order chi connectivity index (χ1) is 10.2. The van der Waals surface area contributed by atoms with Crippen molar-refractivity contribution in [2.24, 2.45) is 0 Å². The standard InChI is InChI=1S/C14H14N2O4S/c1-2-19-11-5-3-10(4-6-11)13(18)20-9-12(17)16-14-15-7-8-21-14/h3-8H,2,9H2,1H3,(H,15,16,17). The van der Waals surface area contributed by atoms with Crippen LogP contribution < -0.4 is 10.1 Å². The molecule has 7 heteroatoms. The summed E-state index contributed by atoms with van der Waals surface area (Å²) in [5.74, 6) is -0.313. The zero-order valence-corrected chi connectivity index (χ0v) is 12.2. The van der Waals surface area contributed by atoms with E-state index >= 15 is 0 Å². The average Bonchev–Trinajstić information content (AvgIpc) is 2.99. The van der Waals surface area contributed by atoms with Crippen LogP contribution in [0.3, 0.4) is 0 Å². The van der Waals surface area contributed by atoms with Gasteiger partial charge in [-0.05, 0) is 31.2 Å². The second-order valence-corrected chi connectivity index (χ2v) is 4.81. The van der Waals surface area contributed by atoms with Gasteiger partial charge in [0.15, 0.2) is 11.7 Å². The molecule has 21 heavy (non-hydrogen) atoms. The molecule has 0 atom stereocenters. The number of benzene rings is 1. The lowest BCUT2D eigenvalue weighted by Crippen LogP contribution is -2.20. The Hall–Kier alpha value is -2.41. The third-order valence-corrected chi connectivity index (χ3v) is 3.10. The molecule has 0 fully saturated rings. The van der Waals surface area contributed by atoms with Gasteiger partial charge in [-0.15, -0.1) is 11.3 Å². The molecule has 0 aliphatic carbocycles. The molecule has 1 aromatic carbocycles. The molecule has 0 unspecified atom stereocenters. The van der Waals surface area contributed by atoms with Crippen molar-refractivity contribution < 1.29 is 19.1 Å². The maximum Gasteiger partial charge on any atom is 0.338 e. The number of carbonyl (C=O) groups excluding carboxylic acids is 2. The lowest BCUT2D eigenvalue weighted by atomic mass is 10.2. The van der Waals surface area contributed by atoms with Gasteiger partial charge in [-0.3, -0.25) is 10.1 Å². The van der Waals surface area contributed by atoms with Crippen molar-refractivity contribution in [2.45, 2.75) is 6.92 Å². The number of nitrogens with zero attached hydrogens (tertiary/aromatic N) is 1. The van der Waals surface area contributed by atoms with Gasteiger partial charge >= 0.3 is 5.97 Å². The highest BCUT2D eigenvalue weighted by molar-refractivity contribution is 7.13. The first kappa shape index (κ1) is 15.0. The smallest absolute Gasteiger partial charge is 0.338 e.